The largest absolute Gasteiger partial charge is 0.486 e. The zero-order valence-electron chi connectivity index (χ0n) is 20.9. The van der Waals surface area contributed by atoms with Crippen LogP contribution in [0.15, 0.2) is 42.5 Å². The van der Waals surface area contributed by atoms with Gasteiger partial charge in [-0.15, -0.1) is 0 Å². The Hall–Kier alpha value is -2.98. The summed E-state index contributed by atoms with van der Waals surface area (Å²) in [6, 6.07) is 10.7. The summed E-state index contributed by atoms with van der Waals surface area (Å²) in [5.74, 6) is -0.213. The quantitative estimate of drug-likeness (QED) is 0.499. The van der Waals surface area contributed by atoms with Crippen LogP contribution in [0, 0.1) is 0 Å². The minimum Gasteiger partial charge on any atom is -0.486 e. The first kappa shape index (κ1) is 27.6. The highest BCUT2D eigenvalue weighted by Gasteiger charge is 2.32. The molecule has 0 aromatic heterocycles. The monoisotopic (exact) mass is 537 g/mol. The average molecular weight is 538 g/mol. The van der Waals surface area contributed by atoms with Gasteiger partial charge in [0, 0.05) is 23.7 Å². The fraction of sp³-hybridized carbons (Fsp3) is 0.440. The van der Waals surface area contributed by atoms with Gasteiger partial charge in [0.05, 0.1) is 11.4 Å². The molecule has 196 valence electrons. The molecule has 1 aliphatic heterocycles. The Morgan fingerprint density at radius 2 is 1.72 bits per heavy atom. The SMILES string of the molecule is CCS(=O)(=O)N(CC(=O)N(Cc1ccccc1Cl)[C@@H](C)C(=O)NC(C)C)c1ccc2c(c1)OCCO2. The second kappa shape index (κ2) is 11.8. The minimum atomic E-state index is -3.85. The van der Waals surface area contributed by atoms with Crippen molar-refractivity contribution in [3.05, 3.63) is 53.1 Å². The summed E-state index contributed by atoms with van der Waals surface area (Å²) >= 11 is 6.34. The van der Waals surface area contributed by atoms with E-state index >= 15 is 0 Å². The molecule has 11 heteroatoms. The molecule has 0 radical (unpaired) electrons. The van der Waals surface area contributed by atoms with E-state index in [4.69, 9.17) is 21.1 Å². The zero-order chi connectivity index (χ0) is 26.5. The number of hydrogen-bond donors (Lipinski definition) is 1. The van der Waals surface area contributed by atoms with Gasteiger partial charge in [-0.05, 0) is 51.5 Å². The average Bonchev–Trinajstić information content (AvgIpc) is 2.85. The molecule has 2 aromatic carbocycles. The molecule has 1 aliphatic rings. The molecular weight excluding hydrogens is 506 g/mol. The Morgan fingerprint density at radius 1 is 1.06 bits per heavy atom. The fourth-order valence-corrected chi connectivity index (χ4v) is 4.95. The summed E-state index contributed by atoms with van der Waals surface area (Å²) in [6.07, 6.45) is 0. The number of carbonyl (C=O) groups is 2. The van der Waals surface area contributed by atoms with Crippen LogP contribution in [-0.4, -0.2) is 62.7 Å². The Kier molecular flexibility index (Phi) is 9.08. The number of halogens is 1. The lowest BCUT2D eigenvalue weighted by Gasteiger charge is -2.32. The fourth-order valence-electron chi connectivity index (χ4n) is 3.70. The number of amides is 2. The maximum absolute atomic E-state index is 13.7. The van der Waals surface area contributed by atoms with E-state index in [1.807, 2.05) is 13.8 Å². The van der Waals surface area contributed by atoms with Gasteiger partial charge in [-0.1, -0.05) is 29.8 Å². The number of sulfonamides is 1. The van der Waals surface area contributed by atoms with Crippen molar-refractivity contribution in [2.75, 3.05) is 29.8 Å². The Balaban J connectivity index is 1.96. The first-order chi connectivity index (χ1) is 17.0. The van der Waals surface area contributed by atoms with E-state index in [-0.39, 0.29) is 29.9 Å². The van der Waals surface area contributed by atoms with Crippen molar-refractivity contribution in [1.29, 1.82) is 0 Å². The van der Waals surface area contributed by atoms with Crippen molar-refractivity contribution in [2.45, 2.75) is 46.3 Å². The van der Waals surface area contributed by atoms with E-state index in [0.717, 1.165) is 4.31 Å². The van der Waals surface area contributed by atoms with Gasteiger partial charge in [0.1, 0.15) is 25.8 Å². The maximum atomic E-state index is 13.7. The van der Waals surface area contributed by atoms with Crippen LogP contribution in [0.3, 0.4) is 0 Å². The van der Waals surface area contributed by atoms with Gasteiger partial charge in [-0.25, -0.2) is 8.42 Å². The highest BCUT2D eigenvalue weighted by atomic mass is 35.5. The number of nitrogens with zero attached hydrogens (tertiary/aromatic N) is 2. The molecule has 3 rings (SSSR count). The lowest BCUT2D eigenvalue weighted by atomic mass is 10.1. The maximum Gasteiger partial charge on any atom is 0.244 e. The van der Waals surface area contributed by atoms with Gasteiger partial charge in [0.25, 0.3) is 0 Å². The Bertz CT molecular complexity index is 1200. The van der Waals surface area contributed by atoms with E-state index in [1.54, 1.807) is 49.4 Å². The third-order valence-electron chi connectivity index (χ3n) is 5.69. The second-order valence-corrected chi connectivity index (χ2v) is 11.3. The van der Waals surface area contributed by atoms with Gasteiger partial charge in [-0.3, -0.25) is 13.9 Å². The van der Waals surface area contributed by atoms with Crippen LogP contribution in [0.1, 0.15) is 33.3 Å². The van der Waals surface area contributed by atoms with Crippen LogP contribution in [-0.2, 0) is 26.2 Å². The van der Waals surface area contributed by atoms with Crippen molar-refractivity contribution >= 4 is 39.1 Å². The minimum absolute atomic E-state index is 0.0341. The lowest BCUT2D eigenvalue weighted by molar-refractivity contribution is -0.139. The number of nitrogens with one attached hydrogen (secondary N) is 1. The number of anilines is 1. The molecule has 9 nitrogen and oxygen atoms in total. The highest BCUT2D eigenvalue weighted by molar-refractivity contribution is 7.92. The van der Waals surface area contributed by atoms with E-state index in [9.17, 15) is 18.0 Å². The van der Waals surface area contributed by atoms with Crippen molar-refractivity contribution in [2.24, 2.45) is 0 Å². The Labute approximate surface area is 217 Å². The molecule has 0 fully saturated rings. The zero-order valence-corrected chi connectivity index (χ0v) is 22.4. The summed E-state index contributed by atoms with van der Waals surface area (Å²) < 4.78 is 38.3. The van der Waals surface area contributed by atoms with E-state index in [0.29, 0.717) is 35.3 Å². The third-order valence-corrected chi connectivity index (χ3v) is 7.80. The smallest absolute Gasteiger partial charge is 0.244 e. The summed E-state index contributed by atoms with van der Waals surface area (Å²) in [5.41, 5.74) is 0.910. The topological polar surface area (TPSA) is 105 Å². The van der Waals surface area contributed by atoms with Gasteiger partial charge < -0.3 is 19.7 Å². The van der Waals surface area contributed by atoms with Crippen molar-refractivity contribution in [1.82, 2.24) is 10.2 Å². The number of carbonyl (C=O) groups excluding carboxylic acids is 2. The predicted octanol–water partition coefficient (Wildman–Crippen LogP) is 3.21. The number of hydrogen-bond acceptors (Lipinski definition) is 6. The molecule has 1 heterocycles. The number of rotatable bonds is 10. The second-order valence-electron chi connectivity index (χ2n) is 8.69. The molecular formula is C25H32ClN3O6S. The Morgan fingerprint density at radius 3 is 2.36 bits per heavy atom. The van der Waals surface area contributed by atoms with Crippen molar-refractivity contribution in [3.8, 4) is 11.5 Å². The van der Waals surface area contributed by atoms with Crippen molar-refractivity contribution < 1.29 is 27.5 Å². The van der Waals surface area contributed by atoms with Gasteiger partial charge in [0.15, 0.2) is 11.5 Å². The van der Waals surface area contributed by atoms with Gasteiger partial charge in [-0.2, -0.15) is 0 Å². The van der Waals surface area contributed by atoms with Crippen LogP contribution >= 0.6 is 11.6 Å². The first-order valence-electron chi connectivity index (χ1n) is 11.8. The van der Waals surface area contributed by atoms with Crippen LogP contribution in [0.5, 0.6) is 11.5 Å². The van der Waals surface area contributed by atoms with Crippen LogP contribution in [0.2, 0.25) is 5.02 Å². The van der Waals surface area contributed by atoms with Gasteiger partial charge >= 0.3 is 0 Å². The predicted molar refractivity (Wildman–Crippen MR) is 139 cm³/mol. The number of ether oxygens (including phenoxy) is 2. The highest BCUT2D eigenvalue weighted by Crippen LogP contribution is 2.35. The number of benzene rings is 2. The van der Waals surface area contributed by atoms with Crippen LogP contribution in [0.25, 0.3) is 0 Å². The molecule has 0 saturated heterocycles. The molecule has 0 saturated carbocycles. The molecule has 2 amide bonds. The van der Waals surface area contributed by atoms with E-state index < -0.39 is 28.5 Å². The lowest BCUT2D eigenvalue weighted by Crippen LogP contribution is -2.52. The molecule has 1 N–H and O–H groups in total. The molecule has 36 heavy (non-hydrogen) atoms. The number of fused-ring (bicyclic) bond motifs is 1. The molecule has 0 spiro atoms. The molecule has 0 aliphatic carbocycles. The summed E-state index contributed by atoms with van der Waals surface area (Å²) in [6.45, 7) is 7.02. The van der Waals surface area contributed by atoms with E-state index in [2.05, 4.69) is 5.32 Å². The summed E-state index contributed by atoms with van der Waals surface area (Å²) in [7, 11) is -3.85. The standard InChI is InChI=1S/C25H32ClN3O6S/c1-5-36(32,33)29(20-10-11-22-23(14-20)35-13-12-34-22)16-24(30)28(18(4)25(31)27-17(2)3)15-19-8-6-7-9-21(19)26/h6-11,14,17-18H,5,12-13,15-16H2,1-4H3,(H,27,31)/t18-/m0/s1. The van der Waals surface area contributed by atoms with Crippen LogP contribution in [0.4, 0.5) is 5.69 Å². The molecule has 0 bridgehead atoms. The normalized spacial score (nSPS) is 13.7. The van der Waals surface area contributed by atoms with Gasteiger partial charge in [0.2, 0.25) is 21.8 Å². The van der Waals surface area contributed by atoms with Crippen molar-refractivity contribution in [3.63, 3.8) is 0 Å². The molecule has 2 aromatic rings. The molecule has 0 unspecified atom stereocenters. The summed E-state index contributed by atoms with van der Waals surface area (Å²) in [4.78, 5) is 27.9. The van der Waals surface area contributed by atoms with E-state index in [1.165, 1.54) is 11.8 Å². The third kappa shape index (κ3) is 6.61. The molecule has 1 atom stereocenters. The first-order valence-corrected chi connectivity index (χ1v) is 13.8. The summed E-state index contributed by atoms with van der Waals surface area (Å²) in [5, 5.41) is 3.25. The van der Waals surface area contributed by atoms with Crippen LogP contribution < -0.4 is 19.1 Å².